The molecule has 0 radical (unpaired) electrons. The molecule has 0 bridgehead atoms. The average Bonchev–Trinajstić information content (AvgIpc) is 3.57. The van der Waals surface area contributed by atoms with Crippen LogP contribution in [0.5, 0.6) is 0 Å². The molecule has 3 heterocycles. The van der Waals surface area contributed by atoms with E-state index in [0.717, 1.165) is 27.4 Å². The lowest BCUT2D eigenvalue weighted by molar-refractivity contribution is 0.660. The van der Waals surface area contributed by atoms with Crippen LogP contribution in [-0.4, -0.2) is 24.5 Å². The molecule has 0 atom stereocenters. The fourth-order valence-electron chi connectivity index (χ4n) is 7.72. The minimum absolute atomic E-state index is 0.133. The second-order valence-corrected chi connectivity index (χ2v) is 13.2. The summed E-state index contributed by atoms with van der Waals surface area (Å²) in [6, 6.07) is 45.7. The third-order valence-corrected chi connectivity index (χ3v) is 10.1. The molecule has 0 N–H and O–H groups in total. The zero-order valence-electron chi connectivity index (χ0n) is 26.5. The molecule has 0 saturated carbocycles. The number of nitrogens with zero attached hydrogens (tertiary/aromatic N) is 5. The van der Waals surface area contributed by atoms with Gasteiger partial charge in [0.15, 0.2) is 22.8 Å². The number of aromatic nitrogens is 5. The highest BCUT2D eigenvalue weighted by atomic mass is 15.1. The lowest BCUT2D eigenvalue weighted by Gasteiger charge is -2.21. The van der Waals surface area contributed by atoms with Crippen LogP contribution in [0.25, 0.3) is 83.2 Å². The van der Waals surface area contributed by atoms with Crippen molar-refractivity contribution in [3.63, 3.8) is 0 Å². The van der Waals surface area contributed by atoms with Crippen molar-refractivity contribution in [3.05, 3.63) is 151 Å². The van der Waals surface area contributed by atoms with Crippen LogP contribution < -0.4 is 0 Å². The number of hydrogen-bond acceptors (Lipinski definition) is 4. The molecule has 0 amide bonds. The lowest BCUT2D eigenvalue weighted by Crippen LogP contribution is -2.15. The Kier molecular flexibility index (Phi) is 5.56. The Hall–Kier alpha value is -6.20. The average molecular weight is 616 g/mol. The van der Waals surface area contributed by atoms with E-state index in [2.05, 4.69) is 146 Å². The minimum Gasteiger partial charge on any atom is -0.292 e. The zero-order chi connectivity index (χ0) is 32.0. The fourth-order valence-corrected chi connectivity index (χ4v) is 7.72. The van der Waals surface area contributed by atoms with Gasteiger partial charge in [-0.05, 0) is 74.5 Å². The summed E-state index contributed by atoms with van der Waals surface area (Å²) in [6.45, 7) is 4.59. The SMILES string of the molecule is CC1(C)c2ccccc2-c2ccc(-c3nc(-n4c5ccc(-c6ccccc6)cc5c5cc6ccccc6cc54)c4nccnc4n3)cc21. The van der Waals surface area contributed by atoms with Crippen LogP contribution in [0.2, 0.25) is 0 Å². The third-order valence-electron chi connectivity index (χ3n) is 10.1. The molecule has 0 fully saturated rings. The topological polar surface area (TPSA) is 56.5 Å². The van der Waals surface area contributed by atoms with Gasteiger partial charge >= 0.3 is 0 Å². The second kappa shape index (κ2) is 9.90. The van der Waals surface area contributed by atoms with Crippen LogP contribution in [0.15, 0.2) is 140 Å². The van der Waals surface area contributed by atoms with E-state index in [4.69, 9.17) is 19.9 Å². The largest absolute Gasteiger partial charge is 0.292 e. The molecular formula is C43H29N5. The maximum atomic E-state index is 5.35. The van der Waals surface area contributed by atoms with E-state index in [1.165, 1.54) is 44.2 Å². The van der Waals surface area contributed by atoms with Gasteiger partial charge in [0, 0.05) is 34.1 Å². The molecule has 48 heavy (non-hydrogen) atoms. The summed E-state index contributed by atoms with van der Waals surface area (Å²) in [4.78, 5) is 19.9. The predicted molar refractivity (Wildman–Crippen MR) is 195 cm³/mol. The van der Waals surface area contributed by atoms with Crippen molar-refractivity contribution >= 4 is 43.7 Å². The molecule has 3 aromatic heterocycles. The first kappa shape index (κ1) is 27.0. The van der Waals surface area contributed by atoms with E-state index < -0.39 is 0 Å². The predicted octanol–water partition coefficient (Wildman–Crippen LogP) is 10.3. The lowest BCUT2D eigenvalue weighted by atomic mass is 9.82. The van der Waals surface area contributed by atoms with Crippen LogP contribution in [0.1, 0.15) is 25.0 Å². The second-order valence-electron chi connectivity index (χ2n) is 13.2. The molecule has 1 aliphatic carbocycles. The molecule has 226 valence electrons. The molecule has 5 heteroatoms. The van der Waals surface area contributed by atoms with Gasteiger partial charge in [-0.2, -0.15) is 0 Å². The van der Waals surface area contributed by atoms with Gasteiger partial charge in [-0.15, -0.1) is 0 Å². The molecule has 0 aliphatic heterocycles. The van der Waals surface area contributed by atoms with Crippen molar-refractivity contribution in [2.45, 2.75) is 19.3 Å². The van der Waals surface area contributed by atoms with E-state index in [9.17, 15) is 0 Å². The Morgan fingerprint density at radius 3 is 2.10 bits per heavy atom. The highest BCUT2D eigenvalue weighted by Crippen LogP contribution is 2.49. The zero-order valence-corrected chi connectivity index (χ0v) is 26.5. The molecule has 9 aromatic rings. The Morgan fingerprint density at radius 1 is 0.521 bits per heavy atom. The normalized spacial score (nSPS) is 13.4. The molecule has 6 aromatic carbocycles. The molecule has 0 spiro atoms. The molecule has 5 nitrogen and oxygen atoms in total. The van der Waals surface area contributed by atoms with Crippen LogP contribution in [0.4, 0.5) is 0 Å². The van der Waals surface area contributed by atoms with E-state index in [1.54, 1.807) is 12.4 Å². The molecule has 1 aliphatic rings. The first-order valence-corrected chi connectivity index (χ1v) is 16.3. The Bertz CT molecular complexity index is 2760. The summed E-state index contributed by atoms with van der Waals surface area (Å²) < 4.78 is 2.25. The van der Waals surface area contributed by atoms with Crippen molar-refractivity contribution in [1.29, 1.82) is 0 Å². The third kappa shape index (κ3) is 3.85. The monoisotopic (exact) mass is 615 g/mol. The molecule has 10 rings (SSSR count). The Balaban J connectivity index is 1.26. The van der Waals surface area contributed by atoms with Crippen molar-refractivity contribution in [1.82, 2.24) is 24.5 Å². The van der Waals surface area contributed by atoms with Gasteiger partial charge in [0.05, 0.1) is 11.0 Å². The standard InChI is InChI=1S/C43H29N5/c1-43(2)35-15-9-8-14-31(35)32-18-16-30(24-36(32)43)40-46-41-39(44-20-21-45-41)42(47-40)48-37-19-17-29(26-10-4-3-5-11-26)23-33(37)34-22-27-12-6-7-13-28(27)25-38(34)48/h3-25H,1-2H3. The number of benzene rings is 6. The van der Waals surface area contributed by atoms with Crippen LogP contribution in [0, 0.1) is 0 Å². The maximum Gasteiger partial charge on any atom is 0.184 e. The smallest absolute Gasteiger partial charge is 0.184 e. The van der Waals surface area contributed by atoms with Gasteiger partial charge in [-0.25, -0.2) is 19.9 Å². The number of rotatable bonds is 3. The fraction of sp³-hybridized carbons (Fsp3) is 0.0698. The summed E-state index contributed by atoms with van der Waals surface area (Å²) in [5.74, 6) is 1.35. The molecular weight excluding hydrogens is 587 g/mol. The number of fused-ring (bicyclic) bond motifs is 8. The highest BCUT2D eigenvalue weighted by molar-refractivity contribution is 6.15. The molecule has 0 unspecified atom stereocenters. The van der Waals surface area contributed by atoms with Crippen LogP contribution >= 0.6 is 0 Å². The first-order valence-electron chi connectivity index (χ1n) is 16.3. The van der Waals surface area contributed by atoms with Gasteiger partial charge in [-0.1, -0.05) is 111 Å². The summed E-state index contributed by atoms with van der Waals surface area (Å²) in [5, 5.41) is 4.69. The van der Waals surface area contributed by atoms with Gasteiger partial charge in [0.2, 0.25) is 0 Å². The van der Waals surface area contributed by atoms with Gasteiger partial charge < -0.3 is 0 Å². The van der Waals surface area contributed by atoms with Crippen molar-refractivity contribution in [2.75, 3.05) is 0 Å². The summed E-state index contributed by atoms with van der Waals surface area (Å²) in [7, 11) is 0. The maximum absolute atomic E-state index is 5.35. The van der Waals surface area contributed by atoms with E-state index in [-0.39, 0.29) is 5.41 Å². The van der Waals surface area contributed by atoms with Gasteiger partial charge in [0.25, 0.3) is 0 Å². The van der Waals surface area contributed by atoms with Crippen molar-refractivity contribution < 1.29 is 0 Å². The van der Waals surface area contributed by atoms with E-state index in [1.807, 2.05) is 0 Å². The van der Waals surface area contributed by atoms with E-state index in [0.29, 0.717) is 22.8 Å². The summed E-state index contributed by atoms with van der Waals surface area (Å²) >= 11 is 0. The van der Waals surface area contributed by atoms with Crippen molar-refractivity contribution in [3.8, 4) is 39.5 Å². The summed E-state index contributed by atoms with van der Waals surface area (Å²) in [5.41, 5.74) is 11.7. The summed E-state index contributed by atoms with van der Waals surface area (Å²) in [6.07, 6.45) is 3.43. The quantitative estimate of drug-likeness (QED) is 0.198. The highest BCUT2D eigenvalue weighted by Gasteiger charge is 2.35. The Morgan fingerprint density at radius 2 is 1.23 bits per heavy atom. The van der Waals surface area contributed by atoms with Crippen LogP contribution in [-0.2, 0) is 5.41 Å². The minimum atomic E-state index is -0.133. The number of hydrogen-bond donors (Lipinski definition) is 0. The van der Waals surface area contributed by atoms with Crippen molar-refractivity contribution in [2.24, 2.45) is 0 Å². The van der Waals surface area contributed by atoms with E-state index >= 15 is 0 Å². The first-order chi connectivity index (χ1) is 23.5. The Labute approximate surface area is 277 Å². The van der Waals surface area contributed by atoms with Gasteiger partial charge in [0.1, 0.15) is 0 Å². The van der Waals surface area contributed by atoms with Crippen LogP contribution in [0.3, 0.4) is 0 Å². The van der Waals surface area contributed by atoms with Gasteiger partial charge in [-0.3, -0.25) is 4.57 Å². The molecule has 0 saturated heterocycles.